The number of carbonyl (C=O) groups excluding carboxylic acids is 2. The largest absolute Gasteiger partial charge is 0.351 e. The fraction of sp³-hybridized carbons (Fsp3) is 0.867. The number of carbonyl (C=O) groups is 2. The molecule has 2 aliphatic rings. The molecule has 0 aromatic carbocycles. The molecule has 2 saturated carbocycles. The number of amides is 1. The average Bonchev–Trinajstić information content (AvgIpc) is 2.27. The van der Waals surface area contributed by atoms with Crippen LogP contribution < -0.4 is 5.32 Å². The second-order valence-corrected chi connectivity index (χ2v) is 6.62. The smallest absolute Gasteiger partial charge is 0.223 e. The fourth-order valence-electron chi connectivity index (χ4n) is 3.22. The second kappa shape index (κ2) is 5.02. The molecule has 2 bridgehead atoms. The Morgan fingerprint density at radius 3 is 2.33 bits per heavy atom. The van der Waals surface area contributed by atoms with Crippen LogP contribution in [0.3, 0.4) is 0 Å². The maximum absolute atomic E-state index is 12.3. The van der Waals surface area contributed by atoms with Crippen LogP contribution in [-0.2, 0) is 9.59 Å². The monoisotopic (exact) mass is 251 g/mol. The van der Waals surface area contributed by atoms with E-state index in [0.29, 0.717) is 5.78 Å². The van der Waals surface area contributed by atoms with Crippen molar-refractivity contribution in [2.45, 2.75) is 64.8 Å². The van der Waals surface area contributed by atoms with Gasteiger partial charge >= 0.3 is 0 Å². The first kappa shape index (κ1) is 13.6. The van der Waals surface area contributed by atoms with Gasteiger partial charge in [0, 0.05) is 23.3 Å². The van der Waals surface area contributed by atoms with E-state index in [1.165, 1.54) is 0 Å². The quantitative estimate of drug-likeness (QED) is 0.838. The molecule has 2 unspecified atom stereocenters. The zero-order chi connectivity index (χ0) is 13.3. The van der Waals surface area contributed by atoms with Gasteiger partial charge in [-0.3, -0.25) is 9.59 Å². The van der Waals surface area contributed by atoms with E-state index >= 15 is 0 Å². The molecule has 0 aromatic heterocycles. The zero-order valence-corrected chi connectivity index (χ0v) is 11.8. The highest BCUT2D eigenvalue weighted by Gasteiger charge is 2.41. The average molecular weight is 251 g/mol. The molecule has 1 amide bonds. The molecule has 3 heteroatoms. The van der Waals surface area contributed by atoms with Crippen LogP contribution in [0, 0.1) is 17.8 Å². The van der Waals surface area contributed by atoms with E-state index in [0.717, 1.165) is 38.5 Å². The normalized spacial score (nSPS) is 32.2. The second-order valence-electron chi connectivity index (χ2n) is 6.62. The van der Waals surface area contributed by atoms with E-state index in [9.17, 15) is 9.59 Å². The van der Waals surface area contributed by atoms with Gasteiger partial charge in [-0.05, 0) is 46.0 Å². The molecule has 0 aliphatic heterocycles. The van der Waals surface area contributed by atoms with Crippen LogP contribution in [0.5, 0.6) is 0 Å². The molecule has 102 valence electrons. The van der Waals surface area contributed by atoms with Crippen LogP contribution in [0.1, 0.15) is 59.3 Å². The van der Waals surface area contributed by atoms with Crippen molar-refractivity contribution in [1.82, 2.24) is 5.32 Å². The summed E-state index contributed by atoms with van der Waals surface area (Å²) in [4.78, 5) is 24.3. The highest BCUT2D eigenvalue weighted by atomic mass is 16.2. The summed E-state index contributed by atoms with van der Waals surface area (Å²) in [5, 5.41) is 3.13. The lowest BCUT2D eigenvalue weighted by Crippen LogP contribution is -2.49. The molecule has 2 aliphatic carbocycles. The topological polar surface area (TPSA) is 46.2 Å². The Balaban J connectivity index is 1.98. The van der Waals surface area contributed by atoms with Crippen molar-refractivity contribution < 1.29 is 9.59 Å². The van der Waals surface area contributed by atoms with Crippen molar-refractivity contribution in [3.05, 3.63) is 0 Å². The molecular formula is C15H25NO2. The molecular weight excluding hydrogens is 226 g/mol. The molecule has 2 atom stereocenters. The lowest BCUT2D eigenvalue weighted by molar-refractivity contribution is -0.138. The van der Waals surface area contributed by atoms with Gasteiger partial charge in [-0.25, -0.2) is 0 Å². The Labute approximate surface area is 110 Å². The molecule has 3 nitrogen and oxygen atoms in total. The maximum atomic E-state index is 12.3. The number of hydrogen-bond acceptors (Lipinski definition) is 2. The van der Waals surface area contributed by atoms with Crippen LogP contribution in [0.15, 0.2) is 0 Å². The molecule has 0 saturated heterocycles. The van der Waals surface area contributed by atoms with Crippen LogP contribution in [0.4, 0.5) is 0 Å². The Bertz CT molecular complexity index is 332. The third-order valence-corrected chi connectivity index (χ3v) is 4.76. The molecule has 2 rings (SSSR count). The van der Waals surface area contributed by atoms with Crippen molar-refractivity contribution in [2.75, 3.05) is 0 Å². The summed E-state index contributed by atoms with van der Waals surface area (Å²) in [5.74, 6) is 0.978. The fourth-order valence-corrected chi connectivity index (χ4v) is 3.22. The van der Waals surface area contributed by atoms with Crippen LogP contribution in [-0.4, -0.2) is 17.2 Å². The Hall–Kier alpha value is -0.860. The van der Waals surface area contributed by atoms with Crippen molar-refractivity contribution in [1.29, 1.82) is 0 Å². The lowest BCUT2D eigenvalue weighted by Gasteiger charge is -2.38. The minimum Gasteiger partial charge on any atom is -0.351 e. The molecule has 2 fully saturated rings. The predicted octanol–water partition coefficient (Wildman–Crippen LogP) is 2.69. The van der Waals surface area contributed by atoms with E-state index in [2.05, 4.69) is 26.1 Å². The van der Waals surface area contributed by atoms with E-state index in [-0.39, 0.29) is 29.2 Å². The van der Waals surface area contributed by atoms with Gasteiger partial charge in [0.15, 0.2) is 0 Å². The van der Waals surface area contributed by atoms with Crippen molar-refractivity contribution in [2.24, 2.45) is 17.8 Å². The third kappa shape index (κ3) is 2.76. The minimum absolute atomic E-state index is 0.0591. The molecule has 0 heterocycles. The Morgan fingerprint density at radius 2 is 1.83 bits per heavy atom. The van der Waals surface area contributed by atoms with Gasteiger partial charge in [-0.15, -0.1) is 0 Å². The van der Waals surface area contributed by atoms with Crippen molar-refractivity contribution in [3.63, 3.8) is 0 Å². The molecule has 1 N–H and O–H groups in total. The third-order valence-electron chi connectivity index (χ3n) is 4.76. The van der Waals surface area contributed by atoms with Gasteiger partial charge in [0.25, 0.3) is 0 Å². The van der Waals surface area contributed by atoms with Gasteiger partial charge in [0.05, 0.1) is 0 Å². The molecule has 0 aromatic rings. The molecule has 0 radical (unpaired) electrons. The lowest BCUT2D eigenvalue weighted by atomic mass is 9.67. The first-order chi connectivity index (χ1) is 8.43. The summed E-state index contributed by atoms with van der Waals surface area (Å²) in [6, 6.07) is 0. The number of rotatable bonds is 3. The molecule has 0 spiro atoms. The summed E-state index contributed by atoms with van der Waals surface area (Å²) in [6.07, 6.45) is 5.64. The summed E-state index contributed by atoms with van der Waals surface area (Å²) in [6.45, 7) is 6.19. The highest BCUT2D eigenvalue weighted by Crippen LogP contribution is 2.40. The van der Waals surface area contributed by atoms with Gasteiger partial charge < -0.3 is 5.32 Å². The standard InChI is InChI=1S/C15H25NO2/c1-4-15(2,3)16-14(18)12-8-10-6-5-7-11(9-12)13(10)17/h10-12H,4-9H2,1-3H3,(H,16,18). The minimum atomic E-state index is -0.131. The van der Waals surface area contributed by atoms with Crippen LogP contribution in [0.25, 0.3) is 0 Å². The van der Waals surface area contributed by atoms with Crippen LogP contribution >= 0.6 is 0 Å². The van der Waals surface area contributed by atoms with Crippen molar-refractivity contribution >= 4 is 11.7 Å². The summed E-state index contributed by atoms with van der Waals surface area (Å²) in [7, 11) is 0. The predicted molar refractivity (Wildman–Crippen MR) is 71.1 cm³/mol. The van der Waals surface area contributed by atoms with Gasteiger partial charge in [0.2, 0.25) is 5.91 Å². The highest BCUT2D eigenvalue weighted by molar-refractivity contribution is 5.88. The summed E-state index contributed by atoms with van der Waals surface area (Å²) in [5.41, 5.74) is -0.131. The first-order valence-corrected chi connectivity index (χ1v) is 7.28. The van der Waals surface area contributed by atoms with E-state index in [1.54, 1.807) is 0 Å². The number of nitrogens with one attached hydrogen (secondary N) is 1. The van der Waals surface area contributed by atoms with E-state index in [1.807, 2.05) is 0 Å². The first-order valence-electron chi connectivity index (χ1n) is 7.28. The molecule has 18 heavy (non-hydrogen) atoms. The van der Waals surface area contributed by atoms with Gasteiger partial charge in [-0.1, -0.05) is 13.3 Å². The number of fused-ring (bicyclic) bond motifs is 2. The number of Topliss-reactive ketones (excluding diaryl/α,β-unsaturated/α-hetero) is 1. The Morgan fingerprint density at radius 1 is 1.28 bits per heavy atom. The van der Waals surface area contributed by atoms with Crippen LogP contribution in [0.2, 0.25) is 0 Å². The Kier molecular flexibility index (Phi) is 3.79. The SMILES string of the molecule is CCC(C)(C)NC(=O)C1CC2CCCC(C1)C2=O. The van der Waals surface area contributed by atoms with Gasteiger partial charge in [0.1, 0.15) is 5.78 Å². The van der Waals surface area contributed by atoms with Gasteiger partial charge in [-0.2, -0.15) is 0 Å². The maximum Gasteiger partial charge on any atom is 0.223 e. The summed E-state index contributed by atoms with van der Waals surface area (Å²) < 4.78 is 0. The van der Waals surface area contributed by atoms with E-state index < -0.39 is 0 Å². The van der Waals surface area contributed by atoms with E-state index in [4.69, 9.17) is 0 Å². The number of ketones is 1. The zero-order valence-electron chi connectivity index (χ0n) is 11.8. The van der Waals surface area contributed by atoms with Crippen molar-refractivity contribution in [3.8, 4) is 0 Å². The summed E-state index contributed by atoms with van der Waals surface area (Å²) >= 11 is 0. The number of hydrogen-bond donors (Lipinski definition) is 1.